The number of ether oxygens (including phenoxy) is 2. The van der Waals surface area contributed by atoms with Crippen LogP contribution in [0.5, 0.6) is 5.75 Å². The first-order valence-corrected chi connectivity index (χ1v) is 12.9. The molecule has 9 heteroatoms. The van der Waals surface area contributed by atoms with Gasteiger partial charge in [0.1, 0.15) is 5.75 Å². The van der Waals surface area contributed by atoms with Gasteiger partial charge in [0.15, 0.2) is 0 Å². The molecule has 3 heterocycles. The highest BCUT2D eigenvalue weighted by molar-refractivity contribution is 7.99. The summed E-state index contributed by atoms with van der Waals surface area (Å²) in [5, 5.41) is 8.40. The smallest absolute Gasteiger partial charge is 0.406 e. The summed E-state index contributed by atoms with van der Waals surface area (Å²) in [4.78, 5) is 4.59. The van der Waals surface area contributed by atoms with Crippen molar-refractivity contribution in [2.75, 3.05) is 51.5 Å². The van der Waals surface area contributed by atoms with Crippen molar-refractivity contribution in [3.8, 4) is 5.75 Å². The number of alkyl halides is 3. The summed E-state index contributed by atoms with van der Waals surface area (Å²) in [6.45, 7) is 4.66. The fourth-order valence-electron chi connectivity index (χ4n) is 5.61. The summed E-state index contributed by atoms with van der Waals surface area (Å²) >= 11 is 1.88. The third-order valence-electron chi connectivity index (χ3n) is 7.17. The molecule has 0 radical (unpaired) electrons. The van der Waals surface area contributed by atoms with Crippen LogP contribution in [0.25, 0.3) is 0 Å². The van der Waals surface area contributed by atoms with Crippen molar-refractivity contribution in [1.29, 1.82) is 5.41 Å². The van der Waals surface area contributed by atoms with E-state index in [0.717, 1.165) is 88.0 Å². The van der Waals surface area contributed by atoms with E-state index in [2.05, 4.69) is 14.5 Å². The van der Waals surface area contributed by atoms with Gasteiger partial charge in [0, 0.05) is 44.7 Å². The molecule has 5 nitrogen and oxygen atoms in total. The van der Waals surface area contributed by atoms with Gasteiger partial charge in [0.05, 0.1) is 11.7 Å². The Balaban J connectivity index is 1.18. The molecular formula is C24H34F3N3O2S. The number of nitrogens with one attached hydrogen (secondary N) is 1. The maximum absolute atomic E-state index is 12.4. The second-order valence-electron chi connectivity index (χ2n) is 9.72. The summed E-state index contributed by atoms with van der Waals surface area (Å²) in [7, 11) is 2.01. The molecule has 1 saturated carbocycles. The first kappa shape index (κ1) is 24.7. The van der Waals surface area contributed by atoms with E-state index < -0.39 is 6.36 Å². The van der Waals surface area contributed by atoms with E-state index >= 15 is 0 Å². The zero-order valence-corrected chi connectivity index (χ0v) is 20.0. The molecule has 1 N–H and O–H groups in total. The van der Waals surface area contributed by atoms with Crippen LogP contribution in [0.15, 0.2) is 24.3 Å². The van der Waals surface area contributed by atoms with E-state index in [9.17, 15) is 13.2 Å². The topological polar surface area (TPSA) is 48.8 Å². The van der Waals surface area contributed by atoms with Crippen molar-refractivity contribution < 1.29 is 22.6 Å². The van der Waals surface area contributed by atoms with Gasteiger partial charge in [-0.1, -0.05) is 12.1 Å². The summed E-state index contributed by atoms with van der Waals surface area (Å²) in [5.41, 5.74) is 1.20. The number of amidine groups is 1. The van der Waals surface area contributed by atoms with E-state index in [-0.39, 0.29) is 11.2 Å². The number of fused-ring (bicyclic) bond motifs is 2. The second-order valence-corrected chi connectivity index (χ2v) is 10.8. The Hall–Kier alpha value is -1.45. The number of hydrogen-bond donors (Lipinski definition) is 1. The summed E-state index contributed by atoms with van der Waals surface area (Å²) < 4.78 is 46.7. The van der Waals surface area contributed by atoms with Crippen LogP contribution in [0, 0.1) is 17.2 Å². The molecule has 0 spiro atoms. The highest BCUT2D eigenvalue weighted by Gasteiger charge is 2.50. The summed E-state index contributed by atoms with van der Waals surface area (Å²) in [6.07, 6.45) is 0.590. The van der Waals surface area contributed by atoms with E-state index in [0.29, 0.717) is 11.8 Å². The minimum Gasteiger partial charge on any atom is -0.406 e. The Kier molecular flexibility index (Phi) is 7.80. The SMILES string of the molecule is CN(CSCCCN1CC2CC(c3ccc(OC(F)(F)F)cc3)(C2)C1)C(=N)C1CCOCC1. The largest absolute Gasteiger partial charge is 0.573 e. The van der Waals surface area contributed by atoms with Crippen molar-refractivity contribution in [2.24, 2.45) is 11.8 Å². The summed E-state index contributed by atoms with van der Waals surface area (Å²) in [6, 6.07) is 6.49. The fourth-order valence-corrected chi connectivity index (χ4v) is 6.49. The molecule has 2 bridgehead atoms. The molecule has 184 valence electrons. The fraction of sp³-hybridized carbons (Fsp3) is 0.708. The van der Waals surface area contributed by atoms with Gasteiger partial charge >= 0.3 is 6.36 Å². The monoisotopic (exact) mass is 485 g/mol. The van der Waals surface area contributed by atoms with Gasteiger partial charge in [-0.2, -0.15) is 0 Å². The Bertz CT molecular complexity index is 793. The Labute approximate surface area is 198 Å². The van der Waals surface area contributed by atoms with Crippen molar-refractivity contribution in [1.82, 2.24) is 9.80 Å². The maximum atomic E-state index is 12.4. The van der Waals surface area contributed by atoms with Gasteiger partial charge in [-0.15, -0.1) is 24.9 Å². The van der Waals surface area contributed by atoms with E-state index in [4.69, 9.17) is 10.1 Å². The van der Waals surface area contributed by atoms with E-state index in [1.165, 1.54) is 12.1 Å². The highest BCUT2D eigenvalue weighted by atomic mass is 32.2. The van der Waals surface area contributed by atoms with Crippen LogP contribution < -0.4 is 4.74 Å². The average molecular weight is 486 g/mol. The van der Waals surface area contributed by atoms with Crippen LogP contribution >= 0.6 is 11.8 Å². The predicted molar refractivity (Wildman–Crippen MR) is 125 cm³/mol. The molecule has 5 rings (SSSR count). The van der Waals surface area contributed by atoms with Crippen LogP contribution in [0.4, 0.5) is 13.2 Å². The summed E-state index contributed by atoms with van der Waals surface area (Å²) in [5.74, 6) is 3.49. The number of hydrogen-bond acceptors (Lipinski definition) is 5. The molecule has 1 aromatic carbocycles. The van der Waals surface area contributed by atoms with Gasteiger partial charge in [-0.3, -0.25) is 5.41 Å². The zero-order chi connectivity index (χ0) is 23.5. The molecule has 3 aliphatic heterocycles. The molecular weight excluding hydrogens is 451 g/mol. The highest BCUT2D eigenvalue weighted by Crippen LogP contribution is 2.52. The Morgan fingerprint density at radius 3 is 2.61 bits per heavy atom. The second kappa shape index (κ2) is 10.4. The molecule has 1 aliphatic carbocycles. The minimum atomic E-state index is -4.65. The van der Waals surface area contributed by atoms with Crippen molar-refractivity contribution in [3.63, 3.8) is 0 Å². The first-order valence-electron chi connectivity index (χ1n) is 11.8. The van der Waals surface area contributed by atoms with Crippen LogP contribution in [0.3, 0.4) is 0 Å². The van der Waals surface area contributed by atoms with Gasteiger partial charge in [0.25, 0.3) is 0 Å². The lowest BCUT2D eigenvalue weighted by Gasteiger charge is -2.57. The van der Waals surface area contributed by atoms with Crippen LogP contribution in [0.1, 0.15) is 37.7 Å². The number of piperidine rings is 2. The molecule has 3 saturated heterocycles. The minimum absolute atomic E-state index is 0.0752. The standard InChI is InChI=1S/C24H34F3N3O2S/c1-29(22(28)19-7-10-31-11-8-19)17-33-12-2-9-30-15-18-13-23(14-18,16-30)20-3-5-21(6-4-20)32-24(25,26)27/h3-6,18-19,28H,2,7-17H2,1H3. The molecule has 0 atom stereocenters. The normalized spacial score (nSPS) is 26.0. The van der Waals surface area contributed by atoms with E-state index in [1.807, 2.05) is 18.8 Å². The number of rotatable bonds is 9. The van der Waals surface area contributed by atoms with Gasteiger partial charge in [-0.25, -0.2) is 0 Å². The van der Waals surface area contributed by atoms with E-state index in [1.54, 1.807) is 12.1 Å². The quantitative estimate of drug-likeness (QED) is 0.232. The number of benzene rings is 1. The van der Waals surface area contributed by atoms with Crippen molar-refractivity contribution >= 4 is 17.6 Å². The van der Waals surface area contributed by atoms with Crippen LogP contribution in [-0.2, 0) is 10.2 Å². The lowest BCUT2D eigenvalue weighted by Crippen LogP contribution is -2.59. The predicted octanol–water partition coefficient (Wildman–Crippen LogP) is 4.97. The van der Waals surface area contributed by atoms with Crippen LogP contribution in [-0.4, -0.2) is 73.5 Å². The number of halogens is 3. The zero-order valence-electron chi connectivity index (χ0n) is 19.2. The lowest BCUT2D eigenvalue weighted by atomic mass is 9.56. The number of nitrogens with zero attached hydrogens (tertiary/aromatic N) is 2. The average Bonchev–Trinajstić information content (AvgIpc) is 2.77. The third-order valence-corrected chi connectivity index (χ3v) is 8.32. The van der Waals surface area contributed by atoms with Gasteiger partial charge in [0.2, 0.25) is 0 Å². The molecule has 0 aromatic heterocycles. The Morgan fingerprint density at radius 1 is 1.24 bits per heavy atom. The molecule has 1 aromatic rings. The van der Waals surface area contributed by atoms with Crippen molar-refractivity contribution in [2.45, 2.75) is 43.9 Å². The van der Waals surface area contributed by atoms with Crippen molar-refractivity contribution in [3.05, 3.63) is 29.8 Å². The molecule has 0 amide bonds. The molecule has 4 aliphatic rings. The van der Waals surface area contributed by atoms with Crippen LogP contribution in [0.2, 0.25) is 0 Å². The molecule has 0 unspecified atom stereocenters. The third kappa shape index (κ3) is 6.36. The Morgan fingerprint density at radius 2 is 1.94 bits per heavy atom. The molecule has 33 heavy (non-hydrogen) atoms. The maximum Gasteiger partial charge on any atom is 0.573 e. The molecule has 4 fully saturated rings. The van der Waals surface area contributed by atoms with Gasteiger partial charge < -0.3 is 19.3 Å². The lowest BCUT2D eigenvalue weighted by molar-refractivity contribution is -0.274. The van der Waals surface area contributed by atoms with Gasteiger partial charge in [-0.05, 0) is 68.0 Å². The first-order chi connectivity index (χ1) is 15.7. The number of thioether (sulfide) groups is 1.